The van der Waals surface area contributed by atoms with Gasteiger partial charge in [-0.2, -0.15) is 13.2 Å². The van der Waals surface area contributed by atoms with Crippen molar-refractivity contribution in [1.29, 1.82) is 0 Å². The summed E-state index contributed by atoms with van der Waals surface area (Å²) in [5.41, 5.74) is 4.05. The number of thiazole rings is 1. The molecule has 0 radical (unpaired) electrons. The third-order valence-electron chi connectivity index (χ3n) is 5.21. The summed E-state index contributed by atoms with van der Waals surface area (Å²) in [7, 11) is 0. The van der Waals surface area contributed by atoms with E-state index in [1.165, 1.54) is 29.0 Å². The van der Waals surface area contributed by atoms with Crippen molar-refractivity contribution in [2.24, 2.45) is 0 Å². The summed E-state index contributed by atoms with van der Waals surface area (Å²) in [4.78, 5) is 16.9. The van der Waals surface area contributed by atoms with E-state index in [0.29, 0.717) is 10.8 Å². The van der Waals surface area contributed by atoms with Gasteiger partial charge in [0, 0.05) is 34.4 Å². The molecule has 1 amide bonds. The van der Waals surface area contributed by atoms with E-state index in [4.69, 9.17) is 0 Å². The van der Waals surface area contributed by atoms with Gasteiger partial charge in [0.05, 0.1) is 11.3 Å². The quantitative estimate of drug-likeness (QED) is 0.371. The maximum atomic E-state index is 12.9. The fourth-order valence-electron chi connectivity index (χ4n) is 3.53. The number of carbonyl (C=O) groups is 1. The molecule has 8 heteroatoms. The number of carbonyl (C=O) groups excluding carboxylic acids is 1. The Morgan fingerprint density at radius 2 is 1.81 bits per heavy atom. The van der Waals surface area contributed by atoms with Gasteiger partial charge in [0.1, 0.15) is 0 Å². The summed E-state index contributed by atoms with van der Waals surface area (Å²) < 4.78 is 40.9. The van der Waals surface area contributed by atoms with Crippen LogP contribution in [-0.2, 0) is 12.7 Å². The van der Waals surface area contributed by atoms with Crippen molar-refractivity contribution in [3.63, 3.8) is 0 Å². The van der Waals surface area contributed by atoms with Gasteiger partial charge >= 0.3 is 6.18 Å². The number of aromatic nitrogens is 2. The van der Waals surface area contributed by atoms with Crippen LogP contribution in [0, 0.1) is 13.8 Å². The average molecular weight is 456 g/mol. The Labute approximate surface area is 187 Å². The van der Waals surface area contributed by atoms with Gasteiger partial charge in [0.2, 0.25) is 0 Å². The molecule has 0 saturated carbocycles. The highest BCUT2D eigenvalue weighted by Crippen LogP contribution is 2.32. The van der Waals surface area contributed by atoms with Gasteiger partial charge in [-0.1, -0.05) is 36.4 Å². The van der Waals surface area contributed by atoms with Gasteiger partial charge in [-0.25, -0.2) is 4.98 Å². The van der Waals surface area contributed by atoms with Gasteiger partial charge in [-0.15, -0.1) is 11.3 Å². The van der Waals surface area contributed by atoms with Crippen LogP contribution in [0.2, 0.25) is 0 Å². The van der Waals surface area contributed by atoms with Crippen LogP contribution in [0.3, 0.4) is 0 Å². The molecular formula is C24H20F3N3OS. The number of hydrogen-bond donors (Lipinski definition) is 1. The maximum absolute atomic E-state index is 12.9. The Hall–Kier alpha value is -3.39. The van der Waals surface area contributed by atoms with Crippen molar-refractivity contribution in [3.8, 4) is 11.3 Å². The van der Waals surface area contributed by atoms with Crippen LogP contribution in [0.1, 0.15) is 32.9 Å². The molecule has 2 aromatic heterocycles. The highest BCUT2D eigenvalue weighted by molar-refractivity contribution is 7.14. The zero-order chi connectivity index (χ0) is 22.9. The van der Waals surface area contributed by atoms with E-state index in [2.05, 4.69) is 27.0 Å². The number of anilines is 1. The van der Waals surface area contributed by atoms with E-state index in [9.17, 15) is 18.0 Å². The lowest BCUT2D eigenvalue weighted by Gasteiger charge is -2.09. The molecule has 0 saturated heterocycles. The van der Waals surface area contributed by atoms with Gasteiger partial charge in [-0.3, -0.25) is 10.1 Å². The number of nitrogens with zero attached hydrogens (tertiary/aromatic N) is 2. The summed E-state index contributed by atoms with van der Waals surface area (Å²) in [6, 6.07) is 16.5. The topological polar surface area (TPSA) is 46.9 Å². The molecule has 0 aliphatic carbocycles. The van der Waals surface area contributed by atoms with Crippen LogP contribution in [0.4, 0.5) is 18.3 Å². The molecule has 164 valence electrons. The molecule has 0 bridgehead atoms. The van der Waals surface area contributed by atoms with Crippen LogP contribution in [0.15, 0.2) is 66.0 Å². The lowest BCUT2D eigenvalue weighted by molar-refractivity contribution is -0.137. The first-order chi connectivity index (χ1) is 15.2. The number of hydrogen-bond acceptors (Lipinski definition) is 3. The molecule has 2 aromatic carbocycles. The second-order valence-electron chi connectivity index (χ2n) is 7.43. The van der Waals surface area contributed by atoms with E-state index in [1.807, 2.05) is 43.5 Å². The first-order valence-electron chi connectivity index (χ1n) is 9.87. The van der Waals surface area contributed by atoms with Crippen LogP contribution in [0.5, 0.6) is 0 Å². The van der Waals surface area contributed by atoms with Crippen molar-refractivity contribution >= 4 is 22.4 Å². The molecule has 2 heterocycles. The van der Waals surface area contributed by atoms with E-state index in [0.717, 1.165) is 35.6 Å². The van der Waals surface area contributed by atoms with Crippen molar-refractivity contribution in [3.05, 3.63) is 94.1 Å². The highest BCUT2D eigenvalue weighted by atomic mass is 32.1. The summed E-state index contributed by atoms with van der Waals surface area (Å²) in [6.45, 7) is 4.79. The SMILES string of the molecule is Cc1cc(-c2csc(NC(=O)c3cccc(C(F)(F)F)c3)n2)c(C)n1Cc1ccccc1. The number of halogens is 3. The molecular weight excluding hydrogens is 435 g/mol. The zero-order valence-electron chi connectivity index (χ0n) is 17.4. The number of aryl methyl sites for hydroxylation is 1. The molecule has 0 atom stereocenters. The van der Waals surface area contributed by atoms with E-state index in [1.54, 1.807) is 0 Å². The average Bonchev–Trinajstić information content (AvgIpc) is 3.33. The monoisotopic (exact) mass is 455 g/mol. The van der Waals surface area contributed by atoms with Crippen LogP contribution in [0.25, 0.3) is 11.3 Å². The van der Waals surface area contributed by atoms with Gasteiger partial charge in [0.25, 0.3) is 5.91 Å². The fourth-order valence-corrected chi connectivity index (χ4v) is 4.24. The second-order valence-corrected chi connectivity index (χ2v) is 8.29. The Balaban J connectivity index is 1.53. The molecule has 0 aliphatic rings. The number of nitrogens with one attached hydrogen (secondary N) is 1. The van der Waals surface area contributed by atoms with Gasteiger partial charge < -0.3 is 4.57 Å². The summed E-state index contributed by atoms with van der Waals surface area (Å²) in [6.07, 6.45) is -4.51. The molecule has 4 aromatic rings. The zero-order valence-corrected chi connectivity index (χ0v) is 18.2. The maximum Gasteiger partial charge on any atom is 0.416 e. The van der Waals surface area contributed by atoms with Gasteiger partial charge in [-0.05, 0) is 43.7 Å². The van der Waals surface area contributed by atoms with Crippen LogP contribution in [-0.4, -0.2) is 15.5 Å². The Morgan fingerprint density at radius 1 is 1.06 bits per heavy atom. The van der Waals surface area contributed by atoms with Crippen molar-refractivity contribution in [2.45, 2.75) is 26.6 Å². The first-order valence-corrected chi connectivity index (χ1v) is 10.8. The van der Waals surface area contributed by atoms with Crippen molar-refractivity contribution < 1.29 is 18.0 Å². The minimum Gasteiger partial charge on any atom is -0.344 e. The standard InChI is InChI=1S/C24H20F3N3OS/c1-15-11-20(16(2)30(15)13-17-7-4-3-5-8-17)21-14-32-23(28-21)29-22(31)18-9-6-10-19(12-18)24(25,26)27/h3-12,14H,13H2,1-2H3,(H,28,29,31). The minimum atomic E-state index is -4.51. The number of benzene rings is 2. The van der Waals surface area contributed by atoms with E-state index in [-0.39, 0.29) is 5.56 Å². The third-order valence-corrected chi connectivity index (χ3v) is 5.97. The molecule has 4 rings (SSSR count). The predicted octanol–water partition coefficient (Wildman–Crippen LogP) is 6.55. The smallest absolute Gasteiger partial charge is 0.344 e. The fraction of sp³-hybridized carbons (Fsp3) is 0.167. The third kappa shape index (κ3) is 4.60. The lowest BCUT2D eigenvalue weighted by atomic mass is 10.1. The largest absolute Gasteiger partial charge is 0.416 e. The van der Waals surface area contributed by atoms with Crippen molar-refractivity contribution in [2.75, 3.05) is 5.32 Å². The second kappa shape index (κ2) is 8.63. The number of alkyl halides is 3. The highest BCUT2D eigenvalue weighted by Gasteiger charge is 2.31. The minimum absolute atomic E-state index is 0.0717. The molecule has 0 fully saturated rings. The number of amides is 1. The first kappa shape index (κ1) is 21.8. The molecule has 0 unspecified atom stereocenters. The predicted molar refractivity (Wildman–Crippen MR) is 120 cm³/mol. The Kier molecular flexibility index (Phi) is 5.88. The normalized spacial score (nSPS) is 11.5. The Bertz CT molecular complexity index is 1260. The summed E-state index contributed by atoms with van der Waals surface area (Å²) in [5.74, 6) is -0.633. The summed E-state index contributed by atoms with van der Waals surface area (Å²) >= 11 is 1.23. The molecule has 32 heavy (non-hydrogen) atoms. The molecule has 0 aliphatic heterocycles. The van der Waals surface area contributed by atoms with E-state index < -0.39 is 17.6 Å². The number of rotatable bonds is 5. The molecule has 1 N–H and O–H groups in total. The van der Waals surface area contributed by atoms with Crippen LogP contribution < -0.4 is 5.32 Å². The van der Waals surface area contributed by atoms with E-state index >= 15 is 0 Å². The molecule has 0 spiro atoms. The summed E-state index contributed by atoms with van der Waals surface area (Å²) in [5, 5.41) is 4.76. The van der Waals surface area contributed by atoms with Gasteiger partial charge in [0.15, 0.2) is 5.13 Å². The lowest BCUT2D eigenvalue weighted by Crippen LogP contribution is -2.13. The molecule has 4 nitrogen and oxygen atoms in total. The van der Waals surface area contributed by atoms with Crippen molar-refractivity contribution in [1.82, 2.24) is 9.55 Å². The van der Waals surface area contributed by atoms with Crippen LogP contribution >= 0.6 is 11.3 Å². The Morgan fingerprint density at radius 3 is 2.53 bits per heavy atom.